The van der Waals surface area contributed by atoms with Gasteiger partial charge in [0.2, 0.25) is 5.78 Å². The summed E-state index contributed by atoms with van der Waals surface area (Å²) in [6.45, 7) is 3.23. The lowest BCUT2D eigenvalue weighted by Gasteiger charge is -2.34. The van der Waals surface area contributed by atoms with E-state index in [-0.39, 0.29) is 11.5 Å². The molecule has 31 heavy (non-hydrogen) atoms. The number of hydrogen-bond donors (Lipinski definition) is 0. The van der Waals surface area contributed by atoms with Gasteiger partial charge in [0.1, 0.15) is 18.2 Å². The molecule has 2 heterocycles. The molecule has 0 bridgehead atoms. The molecule has 1 fully saturated rings. The Hall–Kier alpha value is -3.12. The van der Waals surface area contributed by atoms with E-state index in [4.69, 9.17) is 14.2 Å². The number of nitrogens with zero attached hydrogens (tertiary/aromatic N) is 1. The SMILES string of the molecule is COC(=O)c1ccc(/C=C2\Oc3c4c(cc(C)c3C2=O)OCN(C2CCCC2)C4)cc1. The monoisotopic (exact) mass is 419 g/mol. The molecule has 0 spiro atoms. The van der Waals surface area contributed by atoms with Crippen LogP contribution in [0.25, 0.3) is 6.08 Å². The number of fused-ring (bicyclic) bond motifs is 3. The van der Waals surface area contributed by atoms with Crippen molar-refractivity contribution in [3.8, 4) is 11.5 Å². The van der Waals surface area contributed by atoms with Gasteiger partial charge in [-0.25, -0.2) is 4.79 Å². The van der Waals surface area contributed by atoms with E-state index in [1.54, 1.807) is 30.3 Å². The molecule has 160 valence electrons. The van der Waals surface area contributed by atoms with Gasteiger partial charge in [0.15, 0.2) is 5.76 Å². The van der Waals surface area contributed by atoms with E-state index < -0.39 is 5.97 Å². The molecule has 2 aromatic rings. The van der Waals surface area contributed by atoms with E-state index in [0.717, 1.165) is 29.0 Å². The van der Waals surface area contributed by atoms with E-state index in [2.05, 4.69) is 4.90 Å². The first-order chi connectivity index (χ1) is 15.0. The maximum atomic E-state index is 13.1. The molecule has 3 aliphatic rings. The van der Waals surface area contributed by atoms with Crippen LogP contribution in [-0.4, -0.2) is 36.5 Å². The van der Waals surface area contributed by atoms with Crippen LogP contribution in [0.15, 0.2) is 36.1 Å². The number of benzene rings is 2. The molecule has 0 radical (unpaired) electrons. The number of carbonyl (C=O) groups excluding carboxylic acids is 2. The Labute approximate surface area is 181 Å². The highest BCUT2D eigenvalue weighted by Crippen LogP contribution is 2.44. The first kappa shape index (κ1) is 19.8. The molecule has 6 heteroatoms. The minimum absolute atomic E-state index is 0.120. The lowest BCUT2D eigenvalue weighted by molar-refractivity contribution is 0.0566. The standard InChI is InChI=1S/C25H25NO5/c1-15-11-20-19(13-26(14-30-20)18-5-3-4-6-18)24-22(15)23(27)21(31-24)12-16-7-9-17(10-8-16)25(28)29-2/h7-12,18H,3-6,13-14H2,1-2H3/b21-12-. The summed E-state index contributed by atoms with van der Waals surface area (Å²) in [6, 6.07) is 9.37. The quantitative estimate of drug-likeness (QED) is 0.539. The predicted octanol–water partition coefficient (Wildman–Crippen LogP) is 4.49. The predicted molar refractivity (Wildman–Crippen MR) is 115 cm³/mol. The topological polar surface area (TPSA) is 65.1 Å². The van der Waals surface area contributed by atoms with Crippen molar-refractivity contribution in [1.29, 1.82) is 0 Å². The second-order valence-corrected chi connectivity index (χ2v) is 8.39. The van der Waals surface area contributed by atoms with Crippen molar-refractivity contribution in [1.82, 2.24) is 4.90 Å². The summed E-state index contributed by atoms with van der Waals surface area (Å²) in [5, 5.41) is 0. The number of Topliss-reactive ketones (excluding diaryl/α,β-unsaturated/α-hetero) is 1. The van der Waals surface area contributed by atoms with Crippen molar-refractivity contribution < 1.29 is 23.8 Å². The Kier molecular flexibility index (Phi) is 5.02. The second-order valence-electron chi connectivity index (χ2n) is 8.39. The lowest BCUT2D eigenvalue weighted by atomic mass is 9.98. The third-order valence-electron chi connectivity index (χ3n) is 6.42. The van der Waals surface area contributed by atoms with Gasteiger partial charge in [-0.3, -0.25) is 9.69 Å². The maximum absolute atomic E-state index is 13.1. The van der Waals surface area contributed by atoms with Gasteiger partial charge in [0, 0.05) is 12.6 Å². The van der Waals surface area contributed by atoms with Gasteiger partial charge in [0.25, 0.3) is 0 Å². The van der Waals surface area contributed by atoms with Gasteiger partial charge in [-0.1, -0.05) is 25.0 Å². The molecule has 6 nitrogen and oxygen atoms in total. The fraction of sp³-hybridized carbons (Fsp3) is 0.360. The molecule has 5 rings (SSSR count). The number of allylic oxidation sites excluding steroid dienone is 1. The summed E-state index contributed by atoms with van der Waals surface area (Å²) in [5.74, 6) is 1.21. The molecule has 2 aromatic carbocycles. The average Bonchev–Trinajstić information content (AvgIpc) is 3.43. The zero-order valence-electron chi connectivity index (χ0n) is 17.8. The third-order valence-corrected chi connectivity index (χ3v) is 6.42. The van der Waals surface area contributed by atoms with Crippen LogP contribution in [0.1, 0.15) is 63.1 Å². The summed E-state index contributed by atoms with van der Waals surface area (Å²) >= 11 is 0. The Morgan fingerprint density at radius 3 is 2.65 bits per heavy atom. The largest absolute Gasteiger partial charge is 0.478 e. The molecule has 1 saturated carbocycles. The van der Waals surface area contributed by atoms with Crippen LogP contribution < -0.4 is 9.47 Å². The summed E-state index contributed by atoms with van der Waals surface area (Å²) < 4.78 is 16.9. The van der Waals surface area contributed by atoms with Crippen LogP contribution >= 0.6 is 0 Å². The Balaban J connectivity index is 1.45. The highest BCUT2D eigenvalue weighted by atomic mass is 16.5. The van der Waals surface area contributed by atoms with Crippen molar-refractivity contribution in [2.75, 3.05) is 13.8 Å². The van der Waals surface area contributed by atoms with E-state index >= 15 is 0 Å². The maximum Gasteiger partial charge on any atom is 0.337 e. The zero-order valence-corrected chi connectivity index (χ0v) is 17.8. The molecule has 1 aliphatic carbocycles. The minimum Gasteiger partial charge on any atom is -0.478 e. The highest BCUT2D eigenvalue weighted by molar-refractivity contribution is 6.16. The van der Waals surface area contributed by atoms with E-state index in [0.29, 0.717) is 29.6 Å². The highest BCUT2D eigenvalue weighted by Gasteiger charge is 2.37. The number of methoxy groups -OCH3 is 1. The Morgan fingerprint density at radius 2 is 1.94 bits per heavy atom. The van der Waals surface area contributed by atoms with Crippen LogP contribution in [-0.2, 0) is 11.3 Å². The van der Waals surface area contributed by atoms with Gasteiger partial charge in [-0.15, -0.1) is 0 Å². The molecule has 2 aliphatic heterocycles. The van der Waals surface area contributed by atoms with Gasteiger partial charge in [0.05, 0.1) is 23.8 Å². The van der Waals surface area contributed by atoms with Crippen molar-refractivity contribution in [2.45, 2.75) is 45.2 Å². The fourth-order valence-corrected chi connectivity index (χ4v) is 4.74. The zero-order chi connectivity index (χ0) is 21.5. The van der Waals surface area contributed by atoms with Crippen LogP contribution in [0, 0.1) is 6.92 Å². The van der Waals surface area contributed by atoms with Crippen LogP contribution in [0.5, 0.6) is 11.5 Å². The number of esters is 1. The molecule has 0 amide bonds. The minimum atomic E-state index is -0.395. The first-order valence-corrected chi connectivity index (χ1v) is 10.7. The number of rotatable bonds is 3. The van der Waals surface area contributed by atoms with Crippen LogP contribution in [0.4, 0.5) is 0 Å². The number of carbonyl (C=O) groups is 2. The Bertz CT molecular complexity index is 1080. The normalized spacial score (nSPS) is 19.7. The number of ketones is 1. The van der Waals surface area contributed by atoms with Crippen LogP contribution in [0.2, 0.25) is 0 Å². The first-order valence-electron chi connectivity index (χ1n) is 10.7. The van der Waals surface area contributed by atoms with Crippen molar-refractivity contribution >= 4 is 17.8 Å². The van der Waals surface area contributed by atoms with Gasteiger partial charge in [-0.2, -0.15) is 0 Å². The Morgan fingerprint density at radius 1 is 1.19 bits per heavy atom. The number of aryl methyl sites for hydroxylation is 1. The van der Waals surface area contributed by atoms with E-state index in [9.17, 15) is 9.59 Å². The summed E-state index contributed by atoms with van der Waals surface area (Å²) in [6.07, 6.45) is 6.62. The molecule has 0 saturated heterocycles. The molecule has 0 N–H and O–H groups in total. The molecule has 0 aromatic heterocycles. The van der Waals surface area contributed by atoms with Crippen LogP contribution in [0.3, 0.4) is 0 Å². The number of hydrogen-bond acceptors (Lipinski definition) is 6. The van der Waals surface area contributed by atoms with Crippen molar-refractivity contribution in [3.63, 3.8) is 0 Å². The lowest BCUT2D eigenvalue weighted by Crippen LogP contribution is -2.39. The third kappa shape index (κ3) is 3.51. The molecular formula is C25H25NO5. The second kappa shape index (κ2) is 7.85. The van der Waals surface area contributed by atoms with Gasteiger partial charge in [-0.05, 0) is 55.2 Å². The molecular weight excluding hydrogens is 394 g/mol. The van der Waals surface area contributed by atoms with E-state index in [1.165, 1.54) is 32.8 Å². The number of ether oxygens (including phenoxy) is 3. The van der Waals surface area contributed by atoms with Gasteiger partial charge >= 0.3 is 5.97 Å². The summed E-state index contributed by atoms with van der Waals surface area (Å²) in [4.78, 5) is 27.1. The fourth-order valence-electron chi connectivity index (χ4n) is 4.74. The van der Waals surface area contributed by atoms with Crippen molar-refractivity contribution in [2.24, 2.45) is 0 Å². The summed E-state index contributed by atoms with van der Waals surface area (Å²) in [7, 11) is 1.35. The molecule has 0 atom stereocenters. The van der Waals surface area contributed by atoms with E-state index in [1.807, 2.05) is 13.0 Å². The summed E-state index contributed by atoms with van der Waals surface area (Å²) in [5.41, 5.74) is 3.67. The molecule has 0 unspecified atom stereocenters. The van der Waals surface area contributed by atoms with Crippen molar-refractivity contribution in [3.05, 3.63) is 63.9 Å². The van der Waals surface area contributed by atoms with Gasteiger partial charge < -0.3 is 14.2 Å². The average molecular weight is 419 g/mol. The smallest absolute Gasteiger partial charge is 0.337 e.